The Balaban J connectivity index is 1.90. The van der Waals surface area contributed by atoms with Crippen LogP contribution in [0.3, 0.4) is 0 Å². The maximum absolute atomic E-state index is 13.2. The molecule has 3 nitrogen and oxygen atoms in total. The van der Waals surface area contributed by atoms with Gasteiger partial charge in [0.05, 0.1) is 0 Å². The quantitative estimate of drug-likeness (QED) is 0.692. The third kappa shape index (κ3) is 3.21. The Morgan fingerprint density at radius 3 is 2.41 bits per heavy atom. The van der Waals surface area contributed by atoms with Crippen molar-refractivity contribution in [3.8, 4) is 0 Å². The molecule has 0 aromatic heterocycles. The van der Waals surface area contributed by atoms with Gasteiger partial charge in [-0.15, -0.1) is 0 Å². The fraction of sp³-hybridized carbons (Fsp3) is 0.304. The number of nitrogens with zero attached hydrogens (tertiary/aromatic N) is 1. The number of aryl methyl sites for hydroxylation is 2. The third-order valence-corrected chi connectivity index (χ3v) is 5.76. The Morgan fingerprint density at radius 1 is 1.00 bits per heavy atom. The van der Waals surface area contributed by atoms with Crippen LogP contribution >= 0.6 is 11.6 Å². The van der Waals surface area contributed by atoms with Gasteiger partial charge in [0.15, 0.2) is 5.78 Å². The maximum Gasteiger partial charge on any atom is 0.232 e. The fourth-order valence-electron chi connectivity index (χ4n) is 4.40. The van der Waals surface area contributed by atoms with Crippen molar-refractivity contribution in [2.75, 3.05) is 4.90 Å². The normalized spacial score (nSPS) is 20.1. The van der Waals surface area contributed by atoms with Gasteiger partial charge in [0.2, 0.25) is 5.91 Å². The number of allylic oxidation sites excluding steroid dienone is 2. The van der Waals surface area contributed by atoms with Crippen molar-refractivity contribution in [3.63, 3.8) is 0 Å². The number of carbonyl (C=O) groups is 2. The topological polar surface area (TPSA) is 37.4 Å². The molecule has 0 fully saturated rings. The molecule has 4 rings (SSSR count). The molecule has 2 aromatic carbocycles. The lowest BCUT2D eigenvalue weighted by atomic mass is 9.77. The molecule has 1 unspecified atom stereocenters. The van der Waals surface area contributed by atoms with Gasteiger partial charge in [-0.05, 0) is 61.6 Å². The van der Waals surface area contributed by atoms with Crippen LogP contribution < -0.4 is 4.90 Å². The minimum Gasteiger partial charge on any atom is -0.294 e. The lowest BCUT2D eigenvalue weighted by molar-refractivity contribution is -0.119. The number of hydrogen-bond acceptors (Lipinski definition) is 2. The Bertz CT molecular complexity index is 956. The molecule has 0 N–H and O–H groups in total. The zero-order chi connectivity index (χ0) is 19.1. The van der Waals surface area contributed by atoms with E-state index in [0.29, 0.717) is 11.4 Å². The van der Waals surface area contributed by atoms with E-state index in [9.17, 15) is 9.59 Å². The van der Waals surface area contributed by atoms with Crippen molar-refractivity contribution in [1.82, 2.24) is 0 Å². The van der Waals surface area contributed by atoms with E-state index in [1.54, 1.807) is 4.90 Å². The van der Waals surface area contributed by atoms with Gasteiger partial charge in [0.25, 0.3) is 0 Å². The van der Waals surface area contributed by atoms with Gasteiger partial charge in [-0.2, -0.15) is 0 Å². The molecule has 1 aliphatic carbocycles. The van der Waals surface area contributed by atoms with Crippen LogP contribution in [0, 0.1) is 13.8 Å². The predicted octanol–water partition coefficient (Wildman–Crippen LogP) is 5.48. The van der Waals surface area contributed by atoms with Crippen molar-refractivity contribution in [1.29, 1.82) is 0 Å². The number of carbonyl (C=O) groups excluding carboxylic acids is 2. The zero-order valence-corrected chi connectivity index (χ0v) is 16.3. The standard InChI is InChI=1S/C23H22ClNO2/c1-14-10-15(2)12-16(11-14)25-20-8-5-9-21(26)23(20)18(13-22(25)27)17-6-3-4-7-19(17)24/h3-4,6-7,10-12,18H,5,8-9,13H2,1-2H3. The largest absolute Gasteiger partial charge is 0.294 e. The highest BCUT2D eigenvalue weighted by atomic mass is 35.5. The van der Waals surface area contributed by atoms with E-state index >= 15 is 0 Å². The number of rotatable bonds is 2. The summed E-state index contributed by atoms with van der Waals surface area (Å²) in [6.07, 6.45) is 2.32. The molecule has 0 spiro atoms. The third-order valence-electron chi connectivity index (χ3n) is 5.42. The second-order valence-corrected chi connectivity index (χ2v) is 7.90. The van der Waals surface area contributed by atoms with E-state index in [4.69, 9.17) is 11.6 Å². The average molecular weight is 380 g/mol. The molecule has 2 aromatic rings. The van der Waals surface area contributed by atoms with Crippen molar-refractivity contribution in [3.05, 3.63) is 75.4 Å². The molecule has 1 heterocycles. The van der Waals surface area contributed by atoms with Gasteiger partial charge in [0.1, 0.15) is 0 Å². The summed E-state index contributed by atoms with van der Waals surface area (Å²) in [4.78, 5) is 27.9. The number of Topliss-reactive ketones (excluding diaryl/α,β-unsaturated/α-hetero) is 1. The number of anilines is 1. The molecule has 4 heteroatoms. The predicted molar refractivity (Wildman–Crippen MR) is 108 cm³/mol. The van der Waals surface area contributed by atoms with Crippen LogP contribution in [0.1, 0.15) is 48.3 Å². The van der Waals surface area contributed by atoms with E-state index < -0.39 is 0 Å². The fourth-order valence-corrected chi connectivity index (χ4v) is 4.66. The second kappa shape index (κ2) is 6.97. The molecule has 0 saturated heterocycles. The summed E-state index contributed by atoms with van der Waals surface area (Å²) in [5.41, 5.74) is 5.57. The van der Waals surface area contributed by atoms with Crippen LogP contribution in [-0.2, 0) is 9.59 Å². The highest BCUT2D eigenvalue weighted by molar-refractivity contribution is 6.31. The van der Waals surface area contributed by atoms with Gasteiger partial charge < -0.3 is 0 Å². The Labute approximate surface area is 164 Å². The number of hydrogen-bond donors (Lipinski definition) is 0. The Morgan fingerprint density at radius 2 is 1.70 bits per heavy atom. The smallest absolute Gasteiger partial charge is 0.232 e. The Kier molecular flexibility index (Phi) is 4.65. The molecule has 1 atom stereocenters. The summed E-state index contributed by atoms with van der Waals surface area (Å²) >= 11 is 6.42. The van der Waals surface area contributed by atoms with Gasteiger partial charge in [0, 0.05) is 40.7 Å². The summed E-state index contributed by atoms with van der Waals surface area (Å²) in [6.45, 7) is 4.05. The molecule has 2 aliphatic rings. The SMILES string of the molecule is Cc1cc(C)cc(N2C(=O)CC(c3ccccc3Cl)C3=C2CCCC3=O)c1. The molecule has 1 amide bonds. The van der Waals surface area contributed by atoms with E-state index in [1.165, 1.54) is 0 Å². The van der Waals surface area contributed by atoms with Crippen LogP contribution in [0.4, 0.5) is 5.69 Å². The summed E-state index contributed by atoms with van der Waals surface area (Å²) in [6, 6.07) is 13.7. The first kappa shape index (κ1) is 18.0. The molecular formula is C23H22ClNO2. The average Bonchev–Trinajstić information content (AvgIpc) is 2.60. The lowest BCUT2D eigenvalue weighted by Gasteiger charge is -2.38. The molecular weight excluding hydrogens is 358 g/mol. The van der Waals surface area contributed by atoms with Crippen LogP contribution in [0.2, 0.25) is 5.02 Å². The first-order valence-corrected chi connectivity index (χ1v) is 9.75. The van der Waals surface area contributed by atoms with Crippen molar-refractivity contribution < 1.29 is 9.59 Å². The highest BCUT2D eigenvalue weighted by Crippen LogP contribution is 2.45. The summed E-state index contributed by atoms with van der Waals surface area (Å²) < 4.78 is 0. The second-order valence-electron chi connectivity index (χ2n) is 7.49. The maximum atomic E-state index is 13.2. The minimum absolute atomic E-state index is 0.0263. The van der Waals surface area contributed by atoms with Crippen LogP contribution in [0.25, 0.3) is 0 Å². The Hall–Kier alpha value is -2.39. The van der Waals surface area contributed by atoms with E-state index in [1.807, 2.05) is 50.2 Å². The summed E-state index contributed by atoms with van der Waals surface area (Å²) in [7, 11) is 0. The van der Waals surface area contributed by atoms with Gasteiger partial charge in [-0.1, -0.05) is 35.9 Å². The molecule has 0 saturated carbocycles. The zero-order valence-electron chi connectivity index (χ0n) is 15.6. The van der Waals surface area contributed by atoms with Gasteiger partial charge in [-0.25, -0.2) is 0 Å². The summed E-state index contributed by atoms with van der Waals surface area (Å²) in [5.74, 6) is -0.0856. The highest BCUT2D eigenvalue weighted by Gasteiger charge is 2.40. The van der Waals surface area contributed by atoms with Crippen LogP contribution in [-0.4, -0.2) is 11.7 Å². The van der Waals surface area contributed by atoms with E-state index in [-0.39, 0.29) is 24.0 Å². The first-order valence-electron chi connectivity index (χ1n) is 9.37. The molecule has 27 heavy (non-hydrogen) atoms. The minimum atomic E-state index is -0.254. The number of benzene rings is 2. The first-order chi connectivity index (χ1) is 13.0. The van der Waals surface area contributed by atoms with Crippen LogP contribution in [0.15, 0.2) is 53.7 Å². The summed E-state index contributed by atoms with van der Waals surface area (Å²) in [5, 5.41) is 0.611. The number of amides is 1. The number of ketones is 1. The monoisotopic (exact) mass is 379 g/mol. The van der Waals surface area contributed by atoms with Gasteiger partial charge in [-0.3, -0.25) is 14.5 Å². The molecule has 138 valence electrons. The van der Waals surface area contributed by atoms with Crippen molar-refractivity contribution >= 4 is 29.0 Å². The molecule has 1 aliphatic heterocycles. The van der Waals surface area contributed by atoms with Crippen LogP contribution in [0.5, 0.6) is 0 Å². The molecule has 0 bridgehead atoms. The number of halogens is 1. The van der Waals surface area contributed by atoms with E-state index in [0.717, 1.165) is 46.5 Å². The van der Waals surface area contributed by atoms with Crippen molar-refractivity contribution in [2.45, 2.75) is 45.4 Å². The molecule has 0 radical (unpaired) electrons. The van der Waals surface area contributed by atoms with Crippen molar-refractivity contribution in [2.24, 2.45) is 0 Å². The van der Waals surface area contributed by atoms with E-state index in [2.05, 4.69) is 6.07 Å². The van der Waals surface area contributed by atoms with Gasteiger partial charge >= 0.3 is 0 Å². The lowest BCUT2D eigenvalue weighted by Crippen LogP contribution is -2.40.